The van der Waals surface area contributed by atoms with Gasteiger partial charge in [0.05, 0.1) is 10.1 Å². The Hall–Kier alpha value is -1.56. The molecule has 3 aliphatic rings. The summed E-state index contributed by atoms with van der Waals surface area (Å²) in [7, 11) is 0. The molecule has 6 heteroatoms. The Morgan fingerprint density at radius 3 is 2.47 bits per heavy atom. The maximum absolute atomic E-state index is 9.92. The zero-order valence-corrected chi connectivity index (χ0v) is 20.2. The van der Waals surface area contributed by atoms with E-state index in [0.717, 1.165) is 29.5 Å². The van der Waals surface area contributed by atoms with Crippen molar-refractivity contribution in [3.05, 3.63) is 48.0 Å². The van der Waals surface area contributed by atoms with E-state index in [1.165, 1.54) is 63.6 Å². The SMILES string of the molecule is Cl.Oc1ccc2c(c1)SC(C1CCCC1)C(c1ccc(OCCN3CCCCC3)cc1)O2. The van der Waals surface area contributed by atoms with E-state index in [1.807, 2.05) is 23.9 Å². The molecule has 0 amide bonds. The fourth-order valence-electron chi connectivity index (χ4n) is 5.21. The van der Waals surface area contributed by atoms with Crippen LogP contribution < -0.4 is 9.47 Å². The number of rotatable bonds is 6. The molecule has 174 valence electrons. The highest BCUT2D eigenvalue weighted by atomic mass is 35.5. The summed E-state index contributed by atoms with van der Waals surface area (Å²) in [5.74, 6) is 2.78. The van der Waals surface area contributed by atoms with Crippen molar-refractivity contribution >= 4 is 24.2 Å². The van der Waals surface area contributed by atoms with Gasteiger partial charge in [0.2, 0.25) is 0 Å². The highest BCUT2D eigenvalue weighted by molar-refractivity contribution is 8.00. The van der Waals surface area contributed by atoms with Crippen molar-refractivity contribution in [3.63, 3.8) is 0 Å². The fraction of sp³-hybridized carbons (Fsp3) is 0.538. The van der Waals surface area contributed by atoms with Crippen LogP contribution in [0.1, 0.15) is 56.6 Å². The van der Waals surface area contributed by atoms with Crippen molar-refractivity contribution in [2.75, 3.05) is 26.2 Å². The van der Waals surface area contributed by atoms with Crippen molar-refractivity contribution in [3.8, 4) is 17.2 Å². The van der Waals surface area contributed by atoms with Crippen LogP contribution in [-0.2, 0) is 0 Å². The summed E-state index contributed by atoms with van der Waals surface area (Å²) in [6, 6.07) is 14.0. The maximum atomic E-state index is 9.92. The minimum atomic E-state index is 0. The topological polar surface area (TPSA) is 41.9 Å². The first-order chi connectivity index (χ1) is 15.3. The molecule has 0 bridgehead atoms. The molecule has 5 rings (SSSR count). The number of hydrogen-bond acceptors (Lipinski definition) is 5. The summed E-state index contributed by atoms with van der Waals surface area (Å²) in [5, 5.41) is 10.3. The monoisotopic (exact) mass is 475 g/mol. The van der Waals surface area contributed by atoms with Gasteiger partial charge in [-0.2, -0.15) is 0 Å². The number of aromatic hydroxyl groups is 1. The number of hydrogen-bond donors (Lipinski definition) is 1. The van der Waals surface area contributed by atoms with Gasteiger partial charge >= 0.3 is 0 Å². The molecular formula is C26H34ClNO3S. The van der Waals surface area contributed by atoms with Crippen LogP contribution in [0.4, 0.5) is 0 Å². The molecule has 2 aromatic carbocycles. The molecule has 0 aromatic heterocycles. The second kappa shape index (κ2) is 11.0. The van der Waals surface area contributed by atoms with Crippen LogP contribution >= 0.6 is 24.2 Å². The van der Waals surface area contributed by atoms with Gasteiger partial charge in [-0.25, -0.2) is 0 Å². The molecule has 4 nitrogen and oxygen atoms in total. The van der Waals surface area contributed by atoms with Crippen molar-refractivity contribution in [2.24, 2.45) is 5.92 Å². The first-order valence-corrected chi connectivity index (χ1v) is 12.8. The van der Waals surface area contributed by atoms with Crippen molar-refractivity contribution in [1.29, 1.82) is 0 Å². The summed E-state index contributed by atoms with van der Waals surface area (Å²) in [5.41, 5.74) is 1.21. The first kappa shape index (κ1) is 23.6. The number of phenols is 1. The molecule has 1 N–H and O–H groups in total. The number of fused-ring (bicyclic) bond motifs is 1. The average Bonchev–Trinajstić information content (AvgIpc) is 3.34. The number of thioether (sulfide) groups is 1. The smallest absolute Gasteiger partial charge is 0.136 e. The number of nitrogens with zero attached hydrogens (tertiary/aromatic N) is 1. The molecule has 0 radical (unpaired) electrons. The van der Waals surface area contributed by atoms with Crippen LogP contribution in [0.5, 0.6) is 17.2 Å². The average molecular weight is 476 g/mol. The lowest BCUT2D eigenvalue weighted by atomic mass is 9.94. The van der Waals surface area contributed by atoms with Gasteiger partial charge in [0.1, 0.15) is 30.0 Å². The van der Waals surface area contributed by atoms with Crippen LogP contribution in [-0.4, -0.2) is 41.5 Å². The molecule has 1 saturated heterocycles. The molecule has 2 heterocycles. The quantitative estimate of drug-likeness (QED) is 0.519. The van der Waals surface area contributed by atoms with E-state index in [9.17, 15) is 5.11 Å². The van der Waals surface area contributed by atoms with E-state index in [-0.39, 0.29) is 18.5 Å². The third kappa shape index (κ3) is 5.49. The van der Waals surface area contributed by atoms with Gasteiger partial charge < -0.3 is 14.6 Å². The van der Waals surface area contributed by atoms with Crippen LogP contribution in [0.3, 0.4) is 0 Å². The van der Waals surface area contributed by atoms with E-state index in [2.05, 4.69) is 29.2 Å². The molecule has 32 heavy (non-hydrogen) atoms. The van der Waals surface area contributed by atoms with Gasteiger partial charge in [-0.3, -0.25) is 4.90 Å². The van der Waals surface area contributed by atoms with Gasteiger partial charge in [-0.1, -0.05) is 31.4 Å². The van der Waals surface area contributed by atoms with Crippen LogP contribution in [0.25, 0.3) is 0 Å². The molecule has 1 aliphatic carbocycles. The largest absolute Gasteiger partial charge is 0.508 e. The summed E-state index contributed by atoms with van der Waals surface area (Å²) >= 11 is 1.88. The zero-order valence-electron chi connectivity index (χ0n) is 18.6. The Balaban J connectivity index is 0.00000245. The molecule has 0 spiro atoms. The number of halogens is 1. The lowest BCUT2D eigenvalue weighted by Crippen LogP contribution is -2.33. The minimum absolute atomic E-state index is 0. The molecule has 1 saturated carbocycles. The standard InChI is InChI=1S/C26H33NO3S.ClH/c28-21-10-13-23-24(18-21)31-26(20-6-2-3-7-20)25(30-23)19-8-11-22(12-9-19)29-17-16-27-14-4-1-5-15-27;/h8-13,18,20,25-26,28H,1-7,14-17H2;1H. The molecule has 2 atom stereocenters. The number of benzene rings is 2. The Morgan fingerprint density at radius 2 is 1.72 bits per heavy atom. The lowest BCUT2D eigenvalue weighted by molar-refractivity contribution is 0.166. The second-order valence-electron chi connectivity index (χ2n) is 9.12. The van der Waals surface area contributed by atoms with E-state index in [0.29, 0.717) is 16.9 Å². The Kier molecular flexibility index (Phi) is 8.14. The van der Waals surface area contributed by atoms with Crippen LogP contribution in [0.2, 0.25) is 0 Å². The van der Waals surface area contributed by atoms with Gasteiger partial charge in [-0.15, -0.1) is 24.2 Å². The highest BCUT2D eigenvalue weighted by Gasteiger charge is 2.38. The Morgan fingerprint density at radius 1 is 0.969 bits per heavy atom. The lowest BCUT2D eigenvalue weighted by Gasteiger charge is -2.36. The Bertz CT molecular complexity index is 866. The molecule has 2 aliphatic heterocycles. The molecule has 2 fully saturated rings. The van der Waals surface area contributed by atoms with Crippen LogP contribution in [0.15, 0.2) is 47.4 Å². The van der Waals surface area contributed by atoms with E-state index in [1.54, 1.807) is 6.07 Å². The van der Waals surface area contributed by atoms with E-state index in [4.69, 9.17) is 9.47 Å². The third-order valence-electron chi connectivity index (χ3n) is 6.94. The maximum Gasteiger partial charge on any atom is 0.136 e. The predicted molar refractivity (Wildman–Crippen MR) is 133 cm³/mol. The zero-order chi connectivity index (χ0) is 21.0. The molecule has 2 aromatic rings. The molecular weight excluding hydrogens is 442 g/mol. The normalized spacial score (nSPS) is 23.8. The van der Waals surface area contributed by atoms with Crippen molar-refractivity contribution in [1.82, 2.24) is 4.90 Å². The van der Waals surface area contributed by atoms with E-state index >= 15 is 0 Å². The molecule has 2 unspecified atom stereocenters. The number of likely N-dealkylation sites (tertiary alicyclic amines) is 1. The minimum Gasteiger partial charge on any atom is -0.508 e. The van der Waals surface area contributed by atoms with Gasteiger partial charge in [-0.05, 0) is 80.6 Å². The summed E-state index contributed by atoms with van der Waals surface area (Å²) in [6.45, 7) is 4.18. The number of phenolic OH excluding ortho intramolecular Hbond substituents is 1. The summed E-state index contributed by atoms with van der Waals surface area (Å²) in [6.07, 6.45) is 9.20. The highest BCUT2D eigenvalue weighted by Crippen LogP contribution is 2.51. The second-order valence-corrected chi connectivity index (χ2v) is 10.3. The van der Waals surface area contributed by atoms with Crippen molar-refractivity contribution < 1.29 is 14.6 Å². The predicted octanol–water partition coefficient (Wildman–Crippen LogP) is 6.46. The Labute approximate surface area is 202 Å². The van der Waals surface area contributed by atoms with Crippen molar-refractivity contribution in [2.45, 2.75) is 61.2 Å². The number of piperidine rings is 1. The van der Waals surface area contributed by atoms with E-state index < -0.39 is 0 Å². The first-order valence-electron chi connectivity index (χ1n) is 11.9. The third-order valence-corrected chi connectivity index (χ3v) is 8.42. The van der Waals surface area contributed by atoms with Gasteiger partial charge in [0.25, 0.3) is 0 Å². The fourth-order valence-corrected chi connectivity index (χ4v) is 6.73. The van der Waals surface area contributed by atoms with Gasteiger partial charge in [0, 0.05) is 6.54 Å². The summed E-state index contributed by atoms with van der Waals surface area (Å²) in [4.78, 5) is 3.57. The summed E-state index contributed by atoms with van der Waals surface area (Å²) < 4.78 is 12.6. The number of ether oxygens (including phenoxy) is 2. The van der Waals surface area contributed by atoms with Gasteiger partial charge in [0.15, 0.2) is 0 Å². The van der Waals surface area contributed by atoms with Crippen LogP contribution in [0, 0.1) is 5.92 Å².